The Kier molecular flexibility index (Phi) is 4.82. The molecule has 0 aliphatic rings. The lowest BCUT2D eigenvalue weighted by Gasteiger charge is -2.13. The molecule has 0 fully saturated rings. The Morgan fingerprint density at radius 3 is 2.65 bits per heavy atom. The molecule has 1 rings (SSSR count). The number of aliphatic carboxylic acids is 1. The van der Waals surface area contributed by atoms with Crippen LogP contribution in [0.5, 0.6) is 5.75 Å². The van der Waals surface area contributed by atoms with Gasteiger partial charge in [-0.3, -0.25) is 4.79 Å². The molecule has 1 aromatic carbocycles. The number of carboxylic acid groups (broad SMARTS) is 1. The number of carbonyl (C=O) groups is 1. The first-order valence-corrected chi connectivity index (χ1v) is 5.65. The van der Waals surface area contributed by atoms with Gasteiger partial charge in [-0.1, -0.05) is 0 Å². The molecule has 0 saturated heterocycles. The highest BCUT2D eigenvalue weighted by atomic mass is 16.5. The van der Waals surface area contributed by atoms with Gasteiger partial charge in [0.15, 0.2) is 0 Å². The van der Waals surface area contributed by atoms with Gasteiger partial charge in [-0.25, -0.2) is 0 Å². The molecule has 0 aliphatic carbocycles. The summed E-state index contributed by atoms with van der Waals surface area (Å²) in [7, 11) is 1.65. The predicted molar refractivity (Wildman–Crippen MR) is 67.8 cm³/mol. The van der Waals surface area contributed by atoms with Crippen LogP contribution in [0.1, 0.15) is 24.0 Å². The Bertz CT molecular complexity index is 402. The molecule has 0 aromatic heterocycles. The number of ether oxygens (including phenoxy) is 1. The third-order valence-corrected chi connectivity index (χ3v) is 2.62. The van der Waals surface area contributed by atoms with E-state index in [-0.39, 0.29) is 6.42 Å². The van der Waals surface area contributed by atoms with Gasteiger partial charge < -0.3 is 15.2 Å². The fraction of sp³-hybridized carbons (Fsp3) is 0.462. The van der Waals surface area contributed by atoms with E-state index in [2.05, 4.69) is 5.32 Å². The fourth-order valence-electron chi connectivity index (χ4n) is 1.66. The van der Waals surface area contributed by atoms with Crippen molar-refractivity contribution in [2.75, 3.05) is 19.0 Å². The Morgan fingerprint density at radius 1 is 1.35 bits per heavy atom. The van der Waals surface area contributed by atoms with E-state index in [1.54, 1.807) is 7.11 Å². The predicted octanol–water partition coefficient (Wildman–Crippen LogP) is 2.59. The zero-order valence-corrected chi connectivity index (χ0v) is 10.5. The number of anilines is 1. The Balaban J connectivity index is 2.59. The average molecular weight is 237 g/mol. The molecule has 0 radical (unpaired) electrons. The second kappa shape index (κ2) is 6.13. The molecule has 0 spiro atoms. The standard InChI is InChI=1S/C13H19NO3/c1-9-8-12(17-3)10(2)7-11(9)14-6-4-5-13(15)16/h7-8,14H,4-6H2,1-3H3,(H,15,16). The van der Waals surface area contributed by atoms with Gasteiger partial charge in [0.05, 0.1) is 7.11 Å². The lowest BCUT2D eigenvalue weighted by molar-refractivity contribution is -0.137. The van der Waals surface area contributed by atoms with Crippen LogP contribution in [-0.4, -0.2) is 24.7 Å². The van der Waals surface area contributed by atoms with Crippen LogP contribution in [0.4, 0.5) is 5.69 Å². The molecule has 0 amide bonds. The Hall–Kier alpha value is -1.71. The van der Waals surface area contributed by atoms with Gasteiger partial charge in [0.1, 0.15) is 5.75 Å². The van der Waals surface area contributed by atoms with Crippen molar-refractivity contribution < 1.29 is 14.6 Å². The molecule has 4 nitrogen and oxygen atoms in total. The van der Waals surface area contributed by atoms with E-state index in [1.807, 2.05) is 26.0 Å². The Labute approximate surface area is 102 Å². The van der Waals surface area contributed by atoms with Crippen molar-refractivity contribution in [3.05, 3.63) is 23.3 Å². The van der Waals surface area contributed by atoms with Crippen LogP contribution in [0.2, 0.25) is 0 Å². The Morgan fingerprint density at radius 2 is 2.06 bits per heavy atom. The van der Waals surface area contributed by atoms with Crippen molar-refractivity contribution in [1.82, 2.24) is 0 Å². The van der Waals surface area contributed by atoms with E-state index in [0.29, 0.717) is 13.0 Å². The van der Waals surface area contributed by atoms with Crippen LogP contribution in [0.3, 0.4) is 0 Å². The molecule has 17 heavy (non-hydrogen) atoms. The normalized spacial score (nSPS) is 10.1. The first-order valence-electron chi connectivity index (χ1n) is 5.65. The fourth-order valence-corrected chi connectivity index (χ4v) is 1.66. The van der Waals surface area contributed by atoms with Crippen LogP contribution in [0.15, 0.2) is 12.1 Å². The van der Waals surface area contributed by atoms with E-state index in [9.17, 15) is 4.79 Å². The summed E-state index contributed by atoms with van der Waals surface area (Å²) in [5.74, 6) is 0.119. The van der Waals surface area contributed by atoms with E-state index in [4.69, 9.17) is 9.84 Å². The lowest BCUT2D eigenvalue weighted by Crippen LogP contribution is -2.06. The maximum Gasteiger partial charge on any atom is 0.303 e. The summed E-state index contributed by atoms with van der Waals surface area (Å²) in [6, 6.07) is 4.00. The summed E-state index contributed by atoms with van der Waals surface area (Å²) in [6.07, 6.45) is 0.820. The van der Waals surface area contributed by atoms with Crippen molar-refractivity contribution in [2.45, 2.75) is 26.7 Å². The van der Waals surface area contributed by atoms with Gasteiger partial charge in [0.25, 0.3) is 0 Å². The van der Waals surface area contributed by atoms with E-state index in [1.165, 1.54) is 0 Å². The summed E-state index contributed by atoms with van der Waals surface area (Å²) in [4.78, 5) is 10.4. The summed E-state index contributed by atoms with van der Waals surface area (Å²) in [5, 5.41) is 11.8. The summed E-state index contributed by atoms with van der Waals surface area (Å²) >= 11 is 0. The molecular formula is C13H19NO3. The third-order valence-electron chi connectivity index (χ3n) is 2.62. The maximum absolute atomic E-state index is 10.4. The van der Waals surface area contributed by atoms with Gasteiger partial charge in [0.2, 0.25) is 0 Å². The minimum Gasteiger partial charge on any atom is -0.496 e. The van der Waals surface area contributed by atoms with Crippen LogP contribution in [0, 0.1) is 13.8 Å². The van der Waals surface area contributed by atoms with Crippen molar-refractivity contribution in [2.24, 2.45) is 0 Å². The number of aryl methyl sites for hydroxylation is 2. The highest BCUT2D eigenvalue weighted by molar-refractivity contribution is 5.66. The third kappa shape index (κ3) is 3.98. The molecule has 0 bridgehead atoms. The molecule has 2 N–H and O–H groups in total. The van der Waals surface area contributed by atoms with Gasteiger partial charge in [-0.2, -0.15) is 0 Å². The van der Waals surface area contributed by atoms with E-state index in [0.717, 1.165) is 22.6 Å². The number of nitrogens with one attached hydrogen (secondary N) is 1. The highest BCUT2D eigenvalue weighted by Gasteiger charge is 2.04. The van der Waals surface area contributed by atoms with Gasteiger partial charge in [0, 0.05) is 18.7 Å². The number of hydrogen-bond donors (Lipinski definition) is 2. The molecule has 0 unspecified atom stereocenters. The quantitative estimate of drug-likeness (QED) is 0.747. The number of carboxylic acids is 1. The molecule has 1 aromatic rings. The van der Waals surface area contributed by atoms with Crippen molar-refractivity contribution >= 4 is 11.7 Å². The number of hydrogen-bond acceptors (Lipinski definition) is 3. The summed E-state index contributed by atoms with van der Waals surface area (Å²) < 4.78 is 5.23. The summed E-state index contributed by atoms with van der Waals surface area (Å²) in [5.41, 5.74) is 3.20. The SMILES string of the molecule is COc1cc(C)c(NCCCC(=O)O)cc1C. The smallest absolute Gasteiger partial charge is 0.303 e. The van der Waals surface area contributed by atoms with Crippen LogP contribution < -0.4 is 10.1 Å². The summed E-state index contributed by atoms with van der Waals surface area (Å²) in [6.45, 7) is 4.65. The van der Waals surface area contributed by atoms with E-state index >= 15 is 0 Å². The van der Waals surface area contributed by atoms with E-state index < -0.39 is 5.97 Å². The zero-order valence-electron chi connectivity index (χ0n) is 10.5. The monoisotopic (exact) mass is 237 g/mol. The van der Waals surface area contributed by atoms with Crippen LogP contribution in [-0.2, 0) is 4.79 Å². The number of rotatable bonds is 6. The average Bonchev–Trinajstić information content (AvgIpc) is 2.28. The molecule has 94 valence electrons. The highest BCUT2D eigenvalue weighted by Crippen LogP contribution is 2.25. The van der Waals surface area contributed by atoms with Crippen LogP contribution >= 0.6 is 0 Å². The number of benzene rings is 1. The second-order valence-corrected chi connectivity index (χ2v) is 4.06. The minimum absolute atomic E-state index is 0.196. The topological polar surface area (TPSA) is 58.6 Å². The molecule has 0 heterocycles. The van der Waals surface area contributed by atoms with Gasteiger partial charge in [-0.15, -0.1) is 0 Å². The van der Waals surface area contributed by atoms with Gasteiger partial charge in [-0.05, 0) is 43.5 Å². The lowest BCUT2D eigenvalue weighted by atomic mass is 10.1. The molecule has 0 aliphatic heterocycles. The molecular weight excluding hydrogens is 218 g/mol. The number of methoxy groups -OCH3 is 1. The largest absolute Gasteiger partial charge is 0.496 e. The van der Waals surface area contributed by atoms with Gasteiger partial charge >= 0.3 is 5.97 Å². The van der Waals surface area contributed by atoms with Crippen LogP contribution in [0.25, 0.3) is 0 Å². The first kappa shape index (κ1) is 13.4. The molecule has 0 atom stereocenters. The van der Waals surface area contributed by atoms with Crippen molar-refractivity contribution in [3.8, 4) is 5.75 Å². The second-order valence-electron chi connectivity index (χ2n) is 4.06. The van der Waals surface area contributed by atoms with Crippen molar-refractivity contribution in [1.29, 1.82) is 0 Å². The van der Waals surface area contributed by atoms with Crippen molar-refractivity contribution in [3.63, 3.8) is 0 Å². The molecule has 0 saturated carbocycles. The first-order chi connectivity index (χ1) is 8.04. The maximum atomic E-state index is 10.4. The molecule has 4 heteroatoms. The zero-order chi connectivity index (χ0) is 12.8. The minimum atomic E-state index is -0.755.